The molecular weight excluding hydrogens is 180 g/mol. The summed E-state index contributed by atoms with van der Waals surface area (Å²) < 4.78 is 0. The Labute approximate surface area is 94.8 Å². The highest BCUT2D eigenvalue weighted by atomic mass is 14.1. The molecule has 0 bridgehead atoms. The first-order chi connectivity index (χ1) is 7.09. The Kier molecular flexibility index (Phi) is 4.87. The molecule has 0 atom stereocenters. The van der Waals surface area contributed by atoms with Crippen LogP contribution in [-0.4, -0.2) is 0 Å². The van der Waals surface area contributed by atoms with E-state index < -0.39 is 0 Å². The van der Waals surface area contributed by atoms with E-state index in [2.05, 4.69) is 33.4 Å². The third-order valence-electron chi connectivity index (χ3n) is 3.28. The zero-order valence-corrected chi connectivity index (χ0v) is 10.5. The Morgan fingerprint density at radius 1 is 1.27 bits per heavy atom. The van der Waals surface area contributed by atoms with Crippen LogP contribution < -0.4 is 0 Å². The lowest BCUT2D eigenvalue weighted by Crippen LogP contribution is -1.96. The average molecular weight is 204 g/mol. The summed E-state index contributed by atoms with van der Waals surface area (Å²) in [5.74, 6) is 0. The van der Waals surface area contributed by atoms with Gasteiger partial charge in [0.1, 0.15) is 0 Å². The predicted octanol–water partition coefficient (Wildman–Crippen LogP) is 5.18. The van der Waals surface area contributed by atoms with Crippen LogP contribution in [0.3, 0.4) is 0 Å². The molecule has 1 aliphatic rings. The second-order valence-electron chi connectivity index (χ2n) is 4.95. The van der Waals surface area contributed by atoms with E-state index in [0.717, 1.165) is 0 Å². The molecular formula is C15H24. The van der Waals surface area contributed by atoms with Gasteiger partial charge in [-0.1, -0.05) is 28.4 Å². The first-order valence-corrected chi connectivity index (χ1v) is 6.07. The molecule has 0 aromatic rings. The van der Waals surface area contributed by atoms with Gasteiger partial charge in [-0.15, -0.1) is 6.58 Å². The second-order valence-corrected chi connectivity index (χ2v) is 4.95. The van der Waals surface area contributed by atoms with Crippen molar-refractivity contribution in [1.29, 1.82) is 0 Å². The molecule has 84 valence electrons. The summed E-state index contributed by atoms with van der Waals surface area (Å²) in [6, 6.07) is 0. The third kappa shape index (κ3) is 4.51. The van der Waals surface area contributed by atoms with Crippen LogP contribution in [-0.2, 0) is 0 Å². The summed E-state index contributed by atoms with van der Waals surface area (Å²) in [7, 11) is 0. The molecule has 0 aromatic heterocycles. The number of hydrogen-bond acceptors (Lipinski definition) is 0. The minimum absolute atomic E-state index is 1.18. The molecule has 0 saturated carbocycles. The van der Waals surface area contributed by atoms with Crippen LogP contribution in [0.2, 0.25) is 0 Å². The predicted molar refractivity (Wildman–Crippen MR) is 69.0 cm³/mol. The quantitative estimate of drug-likeness (QED) is 0.553. The van der Waals surface area contributed by atoms with Crippen molar-refractivity contribution in [1.82, 2.24) is 0 Å². The van der Waals surface area contributed by atoms with E-state index in [-0.39, 0.29) is 0 Å². The van der Waals surface area contributed by atoms with Crippen molar-refractivity contribution < 1.29 is 0 Å². The summed E-state index contributed by atoms with van der Waals surface area (Å²) in [5.41, 5.74) is 6.18. The van der Waals surface area contributed by atoms with Crippen LogP contribution in [0.1, 0.15) is 59.3 Å². The van der Waals surface area contributed by atoms with E-state index in [4.69, 9.17) is 0 Å². The summed E-state index contributed by atoms with van der Waals surface area (Å²) in [6.45, 7) is 10.6. The molecule has 0 aliphatic heterocycles. The maximum Gasteiger partial charge on any atom is -0.0134 e. The fourth-order valence-electron chi connectivity index (χ4n) is 2.07. The SMILES string of the molecule is C=C(C)CCCC(C)=C1CC=C(C)CC1. The lowest BCUT2D eigenvalue weighted by Gasteiger charge is -2.16. The van der Waals surface area contributed by atoms with Gasteiger partial charge in [0.15, 0.2) is 0 Å². The standard InChI is InChI=1S/C15H24/c1-12(2)6-5-7-14(4)15-10-8-13(3)9-11-15/h8H,1,5-7,9-11H2,2-4H3. The number of rotatable bonds is 4. The van der Waals surface area contributed by atoms with E-state index in [1.165, 1.54) is 44.1 Å². The molecule has 0 nitrogen and oxygen atoms in total. The number of allylic oxidation sites excluding steroid dienone is 5. The van der Waals surface area contributed by atoms with Gasteiger partial charge >= 0.3 is 0 Å². The molecule has 1 aliphatic carbocycles. The van der Waals surface area contributed by atoms with E-state index >= 15 is 0 Å². The third-order valence-corrected chi connectivity index (χ3v) is 3.28. The van der Waals surface area contributed by atoms with Gasteiger partial charge in [-0.25, -0.2) is 0 Å². The first-order valence-electron chi connectivity index (χ1n) is 6.07. The van der Waals surface area contributed by atoms with Gasteiger partial charge in [0.2, 0.25) is 0 Å². The molecule has 0 aromatic carbocycles. The zero-order chi connectivity index (χ0) is 11.3. The van der Waals surface area contributed by atoms with Crippen molar-refractivity contribution in [3.63, 3.8) is 0 Å². The Morgan fingerprint density at radius 2 is 2.00 bits per heavy atom. The van der Waals surface area contributed by atoms with E-state index in [0.29, 0.717) is 0 Å². The molecule has 0 unspecified atom stereocenters. The van der Waals surface area contributed by atoms with Crippen LogP contribution in [0.25, 0.3) is 0 Å². The minimum atomic E-state index is 1.18. The van der Waals surface area contributed by atoms with E-state index in [1.54, 1.807) is 16.7 Å². The van der Waals surface area contributed by atoms with E-state index in [1.807, 2.05) is 0 Å². The Hall–Kier alpha value is -0.780. The van der Waals surface area contributed by atoms with Crippen molar-refractivity contribution >= 4 is 0 Å². The second kappa shape index (κ2) is 5.95. The van der Waals surface area contributed by atoms with Crippen molar-refractivity contribution in [2.75, 3.05) is 0 Å². The molecule has 0 heteroatoms. The van der Waals surface area contributed by atoms with Crippen LogP contribution in [0, 0.1) is 0 Å². The molecule has 15 heavy (non-hydrogen) atoms. The molecule has 0 spiro atoms. The van der Waals surface area contributed by atoms with Gasteiger partial charge in [-0.05, 0) is 59.3 Å². The molecule has 0 radical (unpaired) electrons. The highest BCUT2D eigenvalue weighted by Crippen LogP contribution is 2.27. The number of hydrogen-bond donors (Lipinski definition) is 0. The van der Waals surface area contributed by atoms with Gasteiger partial charge in [-0.2, -0.15) is 0 Å². The molecule has 0 heterocycles. The first kappa shape index (κ1) is 12.3. The highest BCUT2D eigenvalue weighted by molar-refractivity contribution is 5.22. The fraction of sp³-hybridized carbons (Fsp3) is 0.600. The molecule has 1 rings (SSSR count). The largest absolute Gasteiger partial charge is 0.100 e. The summed E-state index contributed by atoms with van der Waals surface area (Å²) >= 11 is 0. The smallest absolute Gasteiger partial charge is 0.0134 e. The van der Waals surface area contributed by atoms with Crippen molar-refractivity contribution in [2.24, 2.45) is 0 Å². The molecule has 0 fully saturated rings. The van der Waals surface area contributed by atoms with Crippen LogP contribution in [0.4, 0.5) is 0 Å². The Balaban J connectivity index is 2.41. The summed E-state index contributed by atoms with van der Waals surface area (Å²) in [6.07, 6.45) is 9.86. The van der Waals surface area contributed by atoms with Crippen molar-refractivity contribution in [2.45, 2.75) is 59.3 Å². The van der Waals surface area contributed by atoms with Crippen LogP contribution in [0.15, 0.2) is 34.9 Å². The summed E-state index contributed by atoms with van der Waals surface area (Å²) in [4.78, 5) is 0. The summed E-state index contributed by atoms with van der Waals surface area (Å²) in [5, 5.41) is 0. The van der Waals surface area contributed by atoms with E-state index in [9.17, 15) is 0 Å². The maximum atomic E-state index is 3.95. The topological polar surface area (TPSA) is 0 Å². The molecule has 0 N–H and O–H groups in total. The molecule has 0 amide bonds. The normalized spacial score (nSPS) is 19.8. The van der Waals surface area contributed by atoms with Gasteiger partial charge in [0, 0.05) is 0 Å². The van der Waals surface area contributed by atoms with Crippen LogP contribution in [0.5, 0.6) is 0 Å². The van der Waals surface area contributed by atoms with Gasteiger partial charge in [-0.3, -0.25) is 0 Å². The van der Waals surface area contributed by atoms with Crippen LogP contribution >= 0.6 is 0 Å². The van der Waals surface area contributed by atoms with Crippen molar-refractivity contribution in [3.05, 3.63) is 34.9 Å². The highest BCUT2D eigenvalue weighted by Gasteiger charge is 2.07. The monoisotopic (exact) mass is 204 g/mol. The van der Waals surface area contributed by atoms with Gasteiger partial charge < -0.3 is 0 Å². The lowest BCUT2D eigenvalue weighted by molar-refractivity contribution is 0.764. The zero-order valence-electron chi connectivity index (χ0n) is 10.5. The Bertz CT molecular complexity index is 289. The fourth-order valence-corrected chi connectivity index (χ4v) is 2.07. The van der Waals surface area contributed by atoms with Gasteiger partial charge in [0.25, 0.3) is 0 Å². The maximum absolute atomic E-state index is 3.95. The minimum Gasteiger partial charge on any atom is -0.100 e. The average Bonchev–Trinajstić information content (AvgIpc) is 2.18. The lowest BCUT2D eigenvalue weighted by atomic mass is 9.90. The van der Waals surface area contributed by atoms with Gasteiger partial charge in [0.05, 0.1) is 0 Å². The molecule has 0 saturated heterocycles. The Morgan fingerprint density at radius 3 is 2.53 bits per heavy atom. The van der Waals surface area contributed by atoms with Crippen molar-refractivity contribution in [3.8, 4) is 0 Å².